The highest BCUT2D eigenvalue weighted by Crippen LogP contribution is 2.55. The normalized spacial score (nSPS) is 30.7. The van der Waals surface area contributed by atoms with Gasteiger partial charge in [-0.15, -0.1) is 0 Å². The summed E-state index contributed by atoms with van der Waals surface area (Å²) in [6.45, 7) is -0.00503. The molecule has 6 heteroatoms. The van der Waals surface area contributed by atoms with Gasteiger partial charge >= 0.3 is 0 Å². The highest BCUT2D eigenvalue weighted by molar-refractivity contribution is 5.97. The Morgan fingerprint density at radius 1 is 1.00 bits per heavy atom. The Morgan fingerprint density at radius 3 is 2.15 bits per heavy atom. The second-order valence-electron chi connectivity index (χ2n) is 8.50. The molecule has 2 N–H and O–H groups in total. The fraction of sp³-hybridized carbons (Fsp3) is 0.619. The zero-order valence-corrected chi connectivity index (χ0v) is 16.0. The van der Waals surface area contributed by atoms with Gasteiger partial charge in [-0.3, -0.25) is 9.59 Å². The van der Waals surface area contributed by atoms with Crippen LogP contribution in [0.1, 0.15) is 48.9 Å². The molecule has 4 bridgehead atoms. The zero-order valence-electron chi connectivity index (χ0n) is 16.0. The van der Waals surface area contributed by atoms with Crippen molar-refractivity contribution in [3.8, 4) is 11.5 Å². The number of hydrogen-bond donors (Lipinski definition) is 2. The van der Waals surface area contributed by atoms with E-state index in [1.807, 2.05) is 0 Å². The van der Waals surface area contributed by atoms with Crippen molar-refractivity contribution in [1.82, 2.24) is 10.6 Å². The second-order valence-corrected chi connectivity index (χ2v) is 8.50. The van der Waals surface area contributed by atoms with E-state index in [9.17, 15) is 9.59 Å². The van der Waals surface area contributed by atoms with Gasteiger partial charge in [0.2, 0.25) is 5.91 Å². The number of nitrogens with one attached hydrogen (secondary N) is 2. The summed E-state index contributed by atoms with van der Waals surface area (Å²) in [6.07, 6.45) is 7.33. The number of carbonyl (C=O) groups excluding carboxylic acids is 2. The predicted octanol–water partition coefficient (Wildman–Crippen LogP) is 2.52. The number of carbonyl (C=O) groups is 2. The molecular formula is C21H28N2O4. The largest absolute Gasteiger partial charge is 0.493 e. The Balaban J connectivity index is 1.34. The van der Waals surface area contributed by atoms with Gasteiger partial charge in [-0.25, -0.2) is 0 Å². The van der Waals surface area contributed by atoms with E-state index in [0.29, 0.717) is 17.1 Å². The molecular weight excluding hydrogens is 344 g/mol. The van der Waals surface area contributed by atoms with Crippen LogP contribution in [0, 0.1) is 17.8 Å². The van der Waals surface area contributed by atoms with Crippen LogP contribution >= 0.6 is 0 Å². The Hall–Kier alpha value is -2.24. The number of hydrogen-bond acceptors (Lipinski definition) is 4. The molecule has 4 aliphatic rings. The molecule has 2 amide bonds. The van der Waals surface area contributed by atoms with Gasteiger partial charge in [0.15, 0.2) is 11.5 Å². The van der Waals surface area contributed by atoms with E-state index in [-0.39, 0.29) is 23.9 Å². The molecule has 1 aromatic carbocycles. The van der Waals surface area contributed by atoms with Crippen LogP contribution in [0.5, 0.6) is 11.5 Å². The van der Waals surface area contributed by atoms with Gasteiger partial charge in [0.1, 0.15) is 0 Å². The molecule has 4 aliphatic carbocycles. The molecule has 146 valence electrons. The molecule has 0 aromatic heterocycles. The minimum Gasteiger partial charge on any atom is -0.493 e. The molecule has 4 fully saturated rings. The predicted molar refractivity (Wildman–Crippen MR) is 101 cm³/mol. The van der Waals surface area contributed by atoms with Gasteiger partial charge in [0.25, 0.3) is 5.91 Å². The van der Waals surface area contributed by atoms with Gasteiger partial charge in [-0.2, -0.15) is 0 Å². The number of methoxy groups -OCH3 is 2. The van der Waals surface area contributed by atoms with Gasteiger partial charge < -0.3 is 20.1 Å². The number of benzene rings is 1. The van der Waals surface area contributed by atoms with E-state index < -0.39 is 0 Å². The van der Waals surface area contributed by atoms with Crippen LogP contribution in [0.4, 0.5) is 0 Å². The smallest absolute Gasteiger partial charge is 0.251 e. The van der Waals surface area contributed by atoms with E-state index in [4.69, 9.17) is 9.47 Å². The van der Waals surface area contributed by atoms with E-state index in [0.717, 1.165) is 37.0 Å². The van der Waals surface area contributed by atoms with Crippen LogP contribution in [-0.4, -0.2) is 38.1 Å². The van der Waals surface area contributed by atoms with Crippen molar-refractivity contribution in [2.75, 3.05) is 20.8 Å². The first kappa shape index (κ1) is 18.1. The molecule has 0 unspecified atom stereocenters. The molecule has 1 aromatic rings. The topological polar surface area (TPSA) is 76.7 Å². The molecule has 4 saturated carbocycles. The van der Waals surface area contributed by atoms with Crippen molar-refractivity contribution >= 4 is 11.8 Å². The number of amides is 2. The van der Waals surface area contributed by atoms with Gasteiger partial charge in [-0.1, -0.05) is 0 Å². The summed E-state index contributed by atoms with van der Waals surface area (Å²) in [5.74, 6) is 2.99. The maximum absolute atomic E-state index is 12.5. The van der Waals surface area contributed by atoms with E-state index in [2.05, 4.69) is 10.6 Å². The molecule has 0 heterocycles. The van der Waals surface area contributed by atoms with Crippen LogP contribution < -0.4 is 20.1 Å². The summed E-state index contributed by atoms with van der Waals surface area (Å²) in [5, 5.41) is 6.00. The molecule has 27 heavy (non-hydrogen) atoms. The lowest BCUT2D eigenvalue weighted by molar-refractivity contribution is -0.125. The van der Waals surface area contributed by atoms with E-state index >= 15 is 0 Å². The fourth-order valence-corrected chi connectivity index (χ4v) is 5.84. The Morgan fingerprint density at radius 2 is 1.59 bits per heavy atom. The lowest BCUT2D eigenvalue weighted by atomic mass is 9.53. The first-order valence-corrected chi connectivity index (χ1v) is 9.81. The van der Waals surface area contributed by atoms with Crippen LogP contribution in [0.3, 0.4) is 0 Å². The summed E-state index contributed by atoms with van der Waals surface area (Å²) in [4.78, 5) is 24.9. The van der Waals surface area contributed by atoms with Crippen molar-refractivity contribution in [2.24, 2.45) is 17.8 Å². The molecule has 0 atom stereocenters. The van der Waals surface area contributed by atoms with Gasteiger partial charge in [0.05, 0.1) is 20.8 Å². The molecule has 0 spiro atoms. The van der Waals surface area contributed by atoms with Crippen LogP contribution in [-0.2, 0) is 4.79 Å². The van der Waals surface area contributed by atoms with E-state index in [1.165, 1.54) is 26.4 Å². The maximum atomic E-state index is 12.5. The summed E-state index contributed by atoms with van der Waals surface area (Å²) in [7, 11) is 3.07. The lowest BCUT2D eigenvalue weighted by Gasteiger charge is -2.56. The van der Waals surface area contributed by atoms with Crippen LogP contribution in [0.15, 0.2) is 18.2 Å². The standard InChI is InChI=1S/C21H28N2O4/c1-26-17-4-3-16(8-18(17)27-2)20(25)22-12-19(24)23-21-9-13-5-14(10-21)7-15(6-13)11-21/h3-4,8,13-15H,5-7,9-12H2,1-2H3,(H,22,25)(H,23,24). The minimum absolute atomic E-state index is 0.00503. The molecule has 0 saturated heterocycles. The summed E-state index contributed by atoms with van der Waals surface area (Å²) >= 11 is 0. The highest BCUT2D eigenvalue weighted by Gasteiger charge is 2.51. The molecule has 0 radical (unpaired) electrons. The Bertz CT molecular complexity index is 710. The number of rotatable bonds is 6. The third kappa shape index (κ3) is 3.62. The van der Waals surface area contributed by atoms with Crippen LogP contribution in [0.25, 0.3) is 0 Å². The Kier molecular flexibility index (Phi) is 4.74. The third-order valence-corrected chi connectivity index (χ3v) is 6.50. The third-order valence-electron chi connectivity index (χ3n) is 6.50. The van der Waals surface area contributed by atoms with Crippen molar-refractivity contribution in [2.45, 2.75) is 44.1 Å². The Labute approximate surface area is 160 Å². The SMILES string of the molecule is COc1ccc(C(=O)NCC(=O)NC23CC4CC(CC(C4)C2)C3)cc1OC. The fourth-order valence-electron chi connectivity index (χ4n) is 5.84. The lowest BCUT2D eigenvalue weighted by Crippen LogP contribution is -2.61. The van der Waals surface area contributed by atoms with Crippen molar-refractivity contribution in [3.63, 3.8) is 0 Å². The quantitative estimate of drug-likeness (QED) is 0.804. The zero-order chi connectivity index (χ0) is 19.0. The summed E-state index contributed by atoms with van der Waals surface area (Å²) < 4.78 is 10.4. The van der Waals surface area contributed by atoms with Crippen molar-refractivity contribution < 1.29 is 19.1 Å². The van der Waals surface area contributed by atoms with Crippen LogP contribution in [0.2, 0.25) is 0 Å². The molecule has 0 aliphatic heterocycles. The average molecular weight is 372 g/mol. The van der Waals surface area contributed by atoms with Gasteiger partial charge in [0, 0.05) is 11.1 Å². The first-order valence-electron chi connectivity index (χ1n) is 9.81. The monoisotopic (exact) mass is 372 g/mol. The minimum atomic E-state index is -0.295. The summed E-state index contributed by atoms with van der Waals surface area (Å²) in [6, 6.07) is 4.96. The molecule has 5 rings (SSSR count). The van der Waals surface area contributed by atoms with Crippen molar-refractivity contribution in [3.05, 3.63) is 23.8 Å². The first-order chi connectivity index (χ1) is 13.0. The number of ether oxygens (including phenoxy) is 2. The van der Waals surface area contributed by atoms with E-state index in [1.54, 1.807) is 25.3 Å². The van der Waals surface area contributed by atoms with Crippen molar-refractivity contribution in [1.29, 1.82) is 0 Å². The summed E-state index contributed by atoms with van der Waals surface area (Å²) in [5.41, 5.74) is 0.412. The second kappa shape index (κ2) is 7.06. The maximum Gasteiger partial charge on any atom is 0.251 e. The molecule has 6 nitrogen and oxygen atoms in total. The average Bonchev–Trinajstić information content (AvgIpc) is 2.64. The van der Waals surface area contributed by atoms with Gasteiger partial charge in [-0.05, 0) is 74.5 Å². The highest BCUT2D eigenvalue weighted by atomic mass is 16.5.